The van der Waals surface area contributed by atoms with Crippen LogP contribution in [-0.2, 0) is 16.4 Å². The number of ether oxygens (including phenoxy) is 1. The van der Waals surface area contributed by atoms with Crippen LogP contribution in [0.5, 0.6) is 5.75 Å². The van der Waals surface area contributed by atoms with Crippen molar-refractivity contribution in [3.63, 3.8) is 0 Å². The van der Waals surface area contributed by atoms with Gasteiger partial charge in [-0.3, -0.25) is 4.90 Å². The van der Waals surface area contributed by atoms with Gasteiger partial charge in [0.15, 0.2) is 0 Å². The number of H-pyrrole nitrogens is 1. The zero-order valence-electron chi connectivity index (χ0n) is 14.2. The Bertz CT molecular complexity index is 851. The van der Waals surface area contributed by atoms with Crippen molar-refractivity contribution >= 4 is 10.0 Å². The maximum atomic E-state index is 13.1. The Hall–Kier alpha value is -1.90. The van der Waals surface area contributed by atoms with Crippen LogP contribution < -0.4 is 4.74 Å². The van der Waals surface area contributed by atoms with Gasteiger partial charge in [0.1, 0.15) is 11.6 Å². The summed E-state index contributed by atoms with van der Waals surface area (Å²) in [5.41, 5.74) is 0.968. The second-order valence-corrected chi connectivity index (χ2v) is 8.29. The van der Waals surface area contributed by atoms with Crippen molar-refractivity contribution in [1.82, 2.24) is 19.2 Å². The summed E-state index contributed by atoms with van der Waals surface area (Å²) in [4.78, 5) is 10.1. The number of rotatable bonds is 4. The van der Waals surface area contributed by atoms with Crippen molar-refractivity contribution in [2.75, 3.05) is 32.8 Å². The van der Waals surface area contributed by atoms with Gasteiger partial charge in [0.2, 0.25) is 10.0 Å². The summed E-state index contributed by atoms with van der Waals surface area (Å²) < 4.78 is 33.3. The minimum atomic E-state index is -3.53. The Morgan fingerprint density at radius 2 is 2.24 bits per heavy atom. The molecule has 3 heterocycles. The maximum absolute atomic E-state index is 13.1. The maximum Gasteiger partial charge on any atom is 0.243 e. The molecule has 0 aliphatic carbocycles. The van der Waals surface area contributed by atoms with Gasteiger partial charge in [-0.15, -0.1) is 0 Å². The molecule has 1 atom stereocenters. The van der Waals surface area contributed by atoms with Crippen LogP contribution in [0.4, 0.5) is 0 Å². The number of nitrogens with one attached hydrogen (secondary N) is 1. The molecule has 1 fully saturated rings. The fourth-order valence-electron chi connectivity index (χ4n) is 3.58. The van der Waals surface area contributed by atoms with E-state index in [4.69, 9.17) is 4.74 Å². The highest BCUT2D eigenvalue weighted by molar-refractivity contribution is 7.89. The second kappa shape index (κ2) is 6.44. The van der Waals surface area contributed by atoms with E-state index in [9.17, 15) is 8.42 Å². The van der Waals surface area contributed by atoms with E-state index in [-0.39, 0.29) is 6.04 Å². The molecule has 0 bridgehead atoms. The number of hydrogen-bond donors (Lipinski definition) is 1. The van der Waals surface area contributed by atoms with Crippen LogP contribution >= 0.6 is 0 Å². The van der Waals surface area contributed by atoms with Crippen molar-refractivity contribution < 1.29 is 13.2 Å². The number of aromatic amines is 1. The molecule has 0 spiro atoms. The van der Waals surface area contributed by atoms with Crippen molar-refractivity contribution in [3.8, 4) is 5.75 Å². The molecular formula is C17H22N4O3S. The minimum absolute atomic E-state index is 0.0544. The summed E-state index contributed by atoms with van der Waals surface area (Å²) in [5.74, 6) is 1.60. The first-order valence-corrected chi connectivity index (χ1v) is 10.0. The molecule has 4 rings (SSSR count). The summed E-state index contributed by atoms with van der Waals surface area (Å²) in [6.45, 7) is 5.14. The van der Waals surface area contributed by atoms with Gasteiger partial charge >= 0.3 is 0 Å². The molecule has 2 aliphatic heterocycles. The number of sulfonamides is 1. The molecule has 0 radical (unpaired) electrons. The molecule has 1 N–H and O–H groups in total. The van der Waals surface area contributed by atoms with Crippen molar-refractivity contribution in [2.24, 2.45) is 0 Å². The Morgan fingerprint density at radius 1 is 1.36 bits per heavy atom. The van der Waals surface area contributed by atoms with Crippen LogP contribution in [0.25, 0.3) is 0 Å². The fourth-order valence-corrected chi connectivity index (χ4v) is 5.07. The molecule has 2 aliphatic rings. The third kappa shape index (κ3) is 2.94. The van der Waals surface area contributed by atoms with E-state index in [1.807, 2.05) is 0 Å². The lowest BCUT2D eigenvalue weighted by molar-refractivity contribution is 0.119. The predicted octanol–water partition coefficient (Wildman–Crippen LogP) is 1.41. The number of aromatic nitrogens is 2. The highest BCUT2D eigenvalue weighted by Crippen LogP contribution is 2.31. The van der Waals surface area contributed by atoms with Crippen molar-refractivity contribution in [2.45, 2.75) is 24.3 Å². The van der Waals surface area contributed by atoms with E-state index in [1.165, 1.54) is 0 Å². The molecule has 0 saturated carbocycles. The first kappa shape index (κ1) is 16.6. The summed E-state index contributed by atoms with van der Waals surface area (Å²) in [5, 5.41) is 0. The third-order valence-corrected chi connectivity index (χ3v) is 6.85. The summed E-state index contributed by atoms with van der Waals surface area (Å²) in [6.07, 6.45) is 4.24. The average Bonchev–Trinajstić information content (AvgIpc) is 3.31. The van der Waals surface area contributed by atoms with Gasteiger partial charge in [0, 0.05) is 38.4 Å². The molecule has 7 nitrogen and oxygen atoms in total. The fraction of sp³-hybridized carbons (Fsp3) is 0.471. The zero-order valence-corrected chi connectivity index (χ0v) is 15.0. The van der Waals surface area contributed by atoms with E-state index in [2.05, 4.69) is 21.8 Å². The lowest BCUT2D eigenvalue weighted by Crippen LogP contribution is -2.50. The molecule has 25 heavy (non-hydrogen) atoms. The van der Waals surface area contributed by atoms with Crippen LogP contribution in [0.1, 0.15) is 24.4 Å². The Labute approximate surface area is 147 Å². The SMILES string of the molecule is CCN1CCN(S(=O)(=O)c2ccc3c(c2)CCO3)C[C@H]1c1ncc[nH]1. The molecule has 1 saturated heterocycles. The number of hydrogen-bond acceptors (Lipinski definition) is 5. The van der Waals surface area contributed by atoms with Gasteiger partial charge in [0.05, 0.1) is 17.5 Å². The number of imidazole rings is 1. The summed E-state index contributed by atoms with van der Waals surface area (Å²) >= 11 is 0. The van der Waals surface area contributed by atoms with Crippen molar-refractivity contribution in [1.29, 1.82) is 0 Å². The highest BCUT2D eigenvalue weighted by atomic mass is 32.2. The number of benzene rings is 1. The molecule has 1 aromatic carbocycles. The van der Waals surface area contributed by atoms with Crippen molar-refractivity contribution in [3.05, 3.63) is 42.0 Å². The van der Waals surface area contributed by atoms with E-state index in [0.717, 1.165) is 30.1 Å². The lowest BCUT2D eigenvalue weighted by atomic mass is 10.2. The molecule has 8 heteroatoms. The van der Waals surface area contributed by atoms with Crippen LogP contribution in [0.2, 0.25) is 0 Å². The largest absolute Gasteiger partial charge is 0.493 e. The summed E-state index contributed by atoms with van der Waals surface area (Å²) in [7, 11) is -3.53. The first-order chi connectivity index (χ1) is 12.1. The van der Waals surface area contributed by atoms with Gasteiger partial charge in [0.25, 0.3) is 0 Å². The number of piperazine rings is 1. The monoisotopic (exact) mass is 362 g/mol. The number of fused-ring (bicyclic) bond motifs is 1. The van der Waals surface area contributed by atoms with E-state index in [0.29, 0.717) is 31.1 Å². The average molecular weight is 362 g/mol. The second-order valence-electron chi connectivity index (χ2n) is 6.35. The lowest BCUT2D eigenvalue weighted by Gasteiger charge is -2.39. The third-order valence-electron chi connectivity index (χ3n) is 4.99. The van der Waals surface area contributed by atoms with Gasteiger partial charge < -0.3 is 9.72 Å². The van der Waals surface area contributed by atoms with Crippen LogP contribution in [0.3, 0.4) is 0 Å². The van der Waals surface area contributed by atoms with Crippen LogP contribution in [-0.4, -0.2) is 60.4 Å². The predicted molar refractivity (Wildman–Crippen MR) is 93.0 cm³/mol. The number of likely N-dealkylation sites (N-methyl/N-ethyl adjacent to an activating group) is 1. The standard InChI is InChI=1S/C17H22N4O3S/c1-2-20-8-9-21(12-15(20)17-18-6-7-19-17)25(22,23)14-3-4-16-13(11-14)5-10-24-16/h3-4,6-7,11,15H,2,5,8-10,12H2,1H3,(H,18,19)/t15-/m0/s1. The molecule has 1 aromatic heterocycles. The molecule has 0 amide bonds. The Morgan fingerprint density at radius 3 is 3.00 bits per heavy atom. The molecule has 0 unspecified atom stereocenters. The Balaban J connectivity index is 1.62. The normalized spacial score (nSPS) is 21.9. The summed E-state index contributed by atoms with van der Waals surface area (Å²) in [6, 6.07) is 5.11. The van der Waals surface area contributed by atoms with Crippen LogP contribution in [0.15, 0.2) is 35.5 Å². The van der Waals surface area contributed by atoms with Gasteiger partial charge in [-0.2, -0.15) is 4.31 Å². The topological polar surface area (TPSA) is 78.5 Å². The smallest absolute Gasteiger partial charge is 0.243 e. The highest BCUT2D eigenvalue weighted by Gasteiger charge is 2.35. The van der Waals surface area contributed by atoms with E-state index in [1.54, 1.807) is 34.9 Å². The quantitative estimate of drug-likeness (QED) is 0.890. The van der Waals surface area contributed by atoms with Gasteiger partial charge in [-0.1, -0.05) is 6.92 Å². The van der Waals surface area contributed by atoms with E-state index < -0.39 is 10.0 Å². The zero-order chi connectivity index (χ0) is 17.4. The molecular weight excluding hydrogens is 340 g/mol. The van der Waals surface area contributed by atoms with Gasteiger partial charge in [-0.05, 0) is 30.3 Å². The number of nitrogens with zero attached hydrogens (tertiary/aromatic N) is 3. The minimum Gasteiger partial charge on any atom is -0.493 e. The van der Waals surface area contributed by atoms with E-state index >= 15 is 0 Å². The molecule has 2 aromatic rings. The van der Waals surface area contributed by atoms with Crippen LogP contribution in [0, 0.1) is 0 Å². The molecule has 134 valence electrons. The van der Waals surface area contributed by atoms with Gasteiger partial charge in [-0.25, -0.2) is 13.4 Å². The first-order valence-electron chi connectivity index (χ1n) is 8.59. The Kier molecular flexibility index (Phi) is 4.26.